The van der Waals surface area contributed by atoms with Crippen molar-refractivity contribution in [2.24, 2.45) is 7.05 Å². The van der Waals surface area contributed by atoms with E-state index in [1.165, 1.54) is 18.3 Å². The number of aliphatic hydroxyl groups excluding tert-OH is 1. The van der Waals surface area contributed by atoms with Gasteiger partial charge in [0, 0.05) is 32.6 Å². The predicted octanol–water partition coefficient (Wildman–Crippen LogP) is 3.41. The molecule has 1 amide bonds. The smallest absolute Gasteiger partial charge is 0.416 e. The van der Waals surface area contributed by atoms with Gasteiger partial charge in [0.2, 0.25) is 5.88 Å². The molecule has 30 heavy (non-hydrogen) atoms. The van der Waals surface area contributed by atoms with Crippen LogP contribution in [0.3, 0.4) is 0 Å². The number of carbonyl (C=O) groups excluding carboxylic acids is 1. The molecule has 0 fully saturated rings. The van der Waals surface area contributed by atoms with E-state index < -0.39 is 11.7 Å². The van der Waals surface area contributed by atoms with Gasteiger partial charge in [-0.25, -0.2) is 4.98 Å². The van der Waals surface area contributed by atoms with Gasteiger partial charge in [0.1, 0.15) is 5.75 Å². The molecule has 2 heterocycles. The van der Waals surface area contributed by atoms with Gasteiger partial charge >= 0.3 is 6.18 Å². The molecule has 158 valence electrons. The van der Waals surface area contributed by atoms with Gasteiger partial charge in [-0.3, -0.25) is 9.48 Å². The lowest BCUT2D eigenvalue weighted by atomic mass is 10.1. The first kappa shape index (κ1) is 21.3. The molecular weight excluding hydrogens is 401 g/mol. The summed E-state index contributed by atoms with van der Waals surface area (Å²) in [6.07, 6.45) is -1.02. The molecule has 0 radical (unpaired) electrons. The van der Waals surface area contributed by atoms with E-state index in [0.717, 1.165) is 12.1 Å². The molecule has 10 heteroatoms. The van der Waals surface area contributed by atoms with Crippen LogP contribution in [0.4, 0.5) is 13.2 Å². The standard InChI is InChI=1S/C20H19F3N4O3/c1-27-9-7-17(26-27)16-11-13(18(29)24-8-2-10-28)12-25-19(16)30-15-5-3-14(4-6-15)20(21,22)23/h3-7,9,11-12,28H,2,8,10H2,1H3,(H,24,29). The quantitative estimate of drug-likeness (QED) is 0.572. The molecule has 0 atom stereocenters. The molecule has 3 aromatic rings. The van der Waals surface area contributed by atoms with Crippen LogP contribution < -0.4 is 10.1 Å². The van der Waals surface area contributed by atoms with Gasteiger partial charge in [0.05, 0.1) is 22.4 Å². The average Bonchev–Trinajstić information content (AvgIpc) is 3.14. The van der Waals surface area contributed by atoms with Crippen LogP contribution in [0.15, 0.2) is 48.8 Å². The van der Waals surface area contributed by atoms with E-state index in [9.17, 15) is 18.0 Å². The van der Waals surface area contributed by atoms with Crippen molar-refractivity contribution in [1.82, 2.24) is 20.1 Å². The number of rotatable bonds is 7. The van der Waals surface area contributed by atoms with E-state index in [1.807, 2.05) is 0 Å². The second kappa shape index (κ2) is 8.95. The summed E-state index contributed by atoms with van der Waals surface area (Å²) in [6, 6.07) is 7.47. The Morgan fingerprint density at radius 2 is 1.97 bits per heavy atom. The van der Waals surface area contributed by atoms with Crippen molar-refractivity contribution < 1.29 is 27.8 Å². The SMILES string of the molecule is Cn1ccc(-c2cc(C(=O)NCCCO)cnc2Oc2ccc(C(F)(F)F)cc2)n1. The highest BCUT2D eigenvalue weighted by atomic mass is 19.4. The molecule has 0 aliphatic heterocycles. The molecule has 0 saturated heterocycles. The van der Waals surface area contributed by atoms with Crippen molar-refractivity contribution >= 4 is 5.91 Å². The van der Waals surface area contributed by atoms with E-state index in [4.69, 9.17) is 9.84 Å². The van der Waals surface area contributed by atoms with Crippen LogP contribution in [-0.2, 0) is 13.2 Å². The lowest BCUT2D eigenvalue weighted by Gasteiger charge is -2.12. The van der Waals surface area contributed by atoms with Gasteiger partial charge in [-0.05, 0) is 42.8 Å². The first-order chi connectivity index (χ1) is 14.3. The summed E-state index contributed by atoms with van der Waals surface area (Å²) < 4.78 is 45.5. The maximum absolute atomic E-state index is 12.8. The number of aliphatic hydroxyl groups is 1. The lowest BCUT2D eigenvalue weighted by Crippen LogP contribution is -2.25. The minimum atomic E-state index is -4.44. The Kier molecular flexibility index (Phi) is 6.36. The Morgan fingerprint density at radius 3 is 2.57 bits per heavy atom. The zero-order chi connectivity index (χ0) is 21.7. The van der Waals surface area contributed by atoms with Crippen molar-refractivity contribution in [3.05, 3.63) is 59.9 Å². The van der Waals surface area contributed by atoms with Crippen LogP contribution in [0.1, 0.15) is 22.3 Å². The number of hydrogen-bond acceptors (Lipinski definition) is 5. The third-order valence-electron chi connectivity index (χ3n) is 4.12. The highest BCUT2D eigenvalue weighted by molar-refractivity contribution is 5.95. The Morgan fingerprint density at radius 1 is 1.23 bits per heavy atom. The molecule has 1 aromatic carbocycles. The zero-order valence-electron chi connectivity index (χ0n) is 16.0. The number of benzene rings is 1. The molecule has 7 nitrogen and oxygen atoms in total. The summed E-state index contributed by atoms with van der Waals surface area (Å²) in [6.45, 7) is 0.260. The number of hydrogen-bond donors (Lipinski definition) is 2. The summed E-state index contributed by atoms with van der Waals surface area (Å²) in [5.74, 6) is -0.123. The number of pyridine rings is 1. The summed E-state index contributed by atoms with van der Waals surface area (Å²) in [5, 5.41) is 15.8. The van der Waals surface area contributed by atoms with E-state index in [-0.39, 0.29) is 29.7 Å². The minimum Gasteiger partial charge on any atom is -0.438 e. The molecule has 2 aromatic heterocycles. The number of nitrogens with one attached hydrogen (secondary N) is 1. The van der Waals surface area contributed by atoms with Crippen molar-refractivity contribution in [1.29, 1.82) is 0 Å². The van der Waals surface area contributed by atoms with Gasteiger partial charge in [-0.2, -0.15) is 18.3 Å². The maximum Gasteiger partial charge on any atom is 0.416 e. The summed E-state index contributed by atoms with van der Waals surface area (Å²) in [4.78, 5) is 16.5. The normalized spacial score (nSPS) is 11.4. The highest BCUT2D eigenvalue weighted by Gasteiger charge is 2.30. The summed E-state index contributed by atoms with van der Waals surface area (Å²) in [7, 11) is 1.72. The van der Waals surface area contributed by atoms with E-state index >= 15 is 0 Å². The number of nitrogens with zero attached hydrogens (tertiary/aromatic N) is 3. The third-order valence-corrected chi connectivity index (χ3v) is 4.12. The van der Waals surface area contributed by atoms with Crippen LogP contribution in [0, 0.1) is 0 Å². The fourth-order valence-electron chi connectivity index (χ4n) is 2.61. The summed E-state index contributed by atoms with van der Waals surface area (Å²) >= 11 is 0. The lowest BCUT2D eigenvalue weighted by molar-refractivity contribution is -0.137. The Hall–Kier alpha value is -3.40. The van der Waals surface area contributed by atoms with Crippen LogP contribution in [0.25, 0.3) is 11.3 Å². The largest absolute Gasteiger partial charge is 0.438 e. The van der Waals surface area contributed by atoms with E-state index in [1.54, 1.807) is 30.1 Å². The number of halogens is 3. The van der Waals surface area contributed by atoms with Gasteiger partial charge in [0.15, 0.2) is 0 Å². The van der Waals surface area contributed by atoms with Gasteiger partial charge in [-0.15, -0.1) is 0 Å². The highest BCUT2D eigenvalue weighted by Crippen LogP contribution is 2.34. The van der Waals surface area contributed by atoms with Crippen LogP contribution in [-0.4, -0.2) is 38.9 Å². The topological polar surface area (TPSA) is 89.3 Å². The number of amides is 1. The molecule has 0 saturated carbocycles. The van der Waals surface area contributed by atoms with Crippen LogP contribution >= 0.6 is 0 Å². The first-order valence-electron chi connectivity index (χ1n) is 9.02. The average molecular weight is 420 g/mol. The molecular formula is C20H19F3N4O3. The number of aromatic nitrogens is 3. The number of carbonyl (C=O) groups is 1. The van der Waals surface area contributed by atoms with E-state index in [0.29, 0.717) is 24.2 Å². The van der Waals surface area contributed by atoms with Gasteiger partial charge in [-0.1, -0.05) is 0 Å². The second-order valence-electron chi connectivity index (χ2n) is 6.41. The van der Waals surface area contributed by atoms with Crippen LogP contribution in [0.5, 0.6) is 11.6 Å². The first-order valence-corrected chi connectivity index (χ1v) is 9.02. The number of ether oxygens (including phenoxy) is 1. The molecule has 3 rings (SSSR count). The number of alkyl halides is 3. The monoisotopic (exact) mass is 420 g/mol. The molecule has 0 aliphatic rings. The second-order valence-corrected chi connectivity index (χ2v) is 6.41. The Labute approximate surface area is 170 Å². The Balaban J connectivity index is 1.90. The molecule has 2 N–H and O–H groups in total. The zero-order valence-corrected chi connectivity index (χ0v) is 16.0. The van der Waals surface area contributed by atoms with Crippen molar-refractivity contribution in [2.75, 3.05) is 13.2 Å². The fourth-order valence-corrected chi connectivity index (χ4v) is 2.61. The number of aryl methyl sites for hydroxylation is 1. The molecule has 0 bridgehead atoms. The minimum absolute atomic E-state index is 0.0440. The fraction of sp³-hybridized carbons (Fsp3) is 0.250. The van der Waals surface area contributed by atoms with E-state index in [2.05, 4.69) is 15.4 Å². The van der Waals surface area contributed by atoms with Crippen molar-refractivity contribution in [2.45, 2.75) is 12.6 Å². The summed E-state index contributed by atoms with van der Waals surface area (Å²) in [5.41, 5.74) is 0.359. The molecule has 0 spiro atoms. The van der Waals surface area contributed by atoms with Gasteiger partial charge < -0.3 is 15.2 Å². The maximum atomic E-state index is 12.8. The predicted molar refractivity (Wildman–Crippen MR) is 102 cm³/mol. The van der Waals surface area contributed by atoms with Crippen LogP contribution in [0.2, 0.25) is 0 Å². The third kappa shape index (κ3) is 5.15. The molecule has 0 aliphatic carbocycles. The van der Waals surface area contributed by atoms with Crippen molar-refractivity contribution in [3.63, 3.8) is 0 Å². The van der Waals surface area contributed by atoms with Gasteiger partial charge in [0.25, 0.3) is 5.91 Å². The Bertz CT molecular complexity index is 1020. The van der Waals surface area contributed by atoms with Crippen molar-refractivity contribution in [3.8, 4) is 22.9 Å². The molecule has 0 unspecified atom stereocenters.